The summed E-state index contributed by atoms with van der Waals surface area (Å²) < 4.78 is 0. The van der Waals surface area contributed by atoms with Crippen molar-refractivity contribution in [3.63, 3.8) is 0 Å². The van der Waals surface area contributed by atoms with Crippen molar-refractivity contribution in [2.24, 2.45) is 4.99 Å². The van der Waals surface area contributed by atoms with E-state index in [9.17, 15) is 0 Å². The predicted molar refractivity (Wildman–Crippen MR) is 72.2 cm³/mol. The summed E-state index contributed by atoms with van der Waals surface area (Å²) in [4.78, 5) is 4.40. The van der Waals surface area contributed by atoms with Gasteiger partial charge in [-0.1, -0.05) is 17.7 Å². The van der Waals surface area contributed by atoms with E-state index in [0.29, 0.717) is 0 Å². The van der Waals surface area contributed by atoms with E-state index in [1.54, 1.807) is 0 Å². The Bertz CT molecular complexity index is 382. The second kappa shape index (κ2) is 6.11. The minimum Gasteiger partial charge on any atom is -0.388 e. The van der Waals surface area contributed by atoms with E-state index in [1.165, 1.54) is 11.1 Å². The van der Waals surface area contributed by atoms with E-state index in [-0.39, 0.29) is 0 Å². The highest BCUT2D eigenvalue weighted by molar-refractivity contribution is 5.84. The molecule has 2 nitrogen and oxygen atoms in total. The first-order valence-electron chi connectivity index (χ1n) is 5.55. The van der Waals surface area contributed by atoms with Crippen LogP contribution in [0, 0.1) is 0 Å². The molecule has 16 heavy (non-hydrogen) atoms. The van der Waals surface area contributed by atoms with Crippen LogP contribution in [-0.2, 0) is 6.42 Å². The lowest BCUT2D eigenvalue weighted by atomic mass is 10.1. The van der Waals surface area contributed by atoms with Crippen LogP contribution in [0.25, 0.3) is 0 Å². The standard InChI is InChI=1S/C14H20N2/c1-11(2)10-16-12(3)9-13-5-7-14(15-4)8-6-13/h5-8,10,15H,9H2,1-4H3. The highest BCUT2D eigenvalue weighted by Crippen LogP contribution is 2.09. The van der Waals surface area contributed by atoms with Gasteiger partial charge in [0.15, 0.2) is 0 Å². The van der Waals surface area contributed by atoms with Gasteiger partial charge in [-0.15, -0.1) is 0 Å². The van der Waals surface area contributed by atoms with E-state index in [4.69, 9.17) is 0 Å². The van der Waals surface area contributed by atoms with Gasteiger partial charge in [-0.3, -0.25) is 4.99 Å². The number of nitrogens with one attached hydrogen (secondary N) is 1. The number of nitrogens with zero attached hydrogens (tertiary/aromatic N) is 1. The Morgan fingerprint density at radius 3 is 2.31 bits per heavy atom. The van der Waals surface area contributed by atoms with Crippen molar-refractivity contribution in [3.05, 3.63) is 41.6 Å². The maximum Gasteiger partial charge on any atom is 0.0337 e. The van der Waals surface area contributed by atoms with Gasteiger partial charge >= 0.3 is 0 Å². The summed E-state index contributed by atoms with van der Waals surface area (Å²) in [6.07, 6.45) is 2.82. The molecule has 0 amide bonds. The summed E-state index contributed by atoms with van der Waals surface area (Å²) in [5.41, 5.74) is 4.80. The Kier molecular flexibility index (Phi) is 4.77. The van der Waals surface area contributed by atoms with Crippen molar-refractivity contribution >= 4 is 11.4 Å². The second-order valence-electron chi connectivity index (χ2n) is 4.19. The van der Waals surface area contributed by atoms with Crippen LogP contribution >= 0.6 is 0 Å². The van der Waals surface area contributed by atoms with Gasteiger partial charge in [-0.25, -0.2) is 0 Å². The molecule has 2 heteroatoms. The fraction of sp³-hybridized carbons (Fsp3) is 0.357. The SMILES string of the molecule is CNc1ccc(CC(C)=NC=C(C)C)cc1. The van der Waals surface area contributed by atoms with Crippen LogP contribution in [0.4, 0.5) is 5.69 Å². The number of allylic oxidation sites excluding steroid dienone is 1. The van der Waals surface area contributed by atoms with Crippen LogP contribution < -0.4 is 5.32 Å². The molecule has 1 rings (SSSR count). The summed E-state index contributed by atoms with van der Waals surface area (Å²) >= 11 is 0. The number of benzene rings is 1. The van der Waals surface area contributed by atoms with Crippen LogP contribution in [0.15, 0.2) is 41.0 Å². The van der Waals surface area contributed by atoms with E-state index in [2.05, 4.69) is 55.3 Å². The number of rotatable bonds is 4. The molecule has 0 aliphatic rings. The number of hydrogen-bond acceptors (Lipinski definition) is 2. The minimum absolute atomic E-state index is 0.910. The first kappa shape index (κ1) is 12.5. The van der Waals surface area contributed by atoms with Crippen molar-refractivity contribution in [2.45, 2.75) is 27.2 Å². The van der Waals surface area contributed by atoms with Crippen LogP contribution in [0.1, 0.15) is 26.3 Å². The molecule has 0 heterocycles. The summed E-state index contributed by atoms with van der Waals surface area (Å²) in [5.74, 6) is 0. The molecule has 0 fully saturated rings. The summed E-state index contributed by atoms with van der Waals surface area (Å²) in [5, 5.41) is 3.11. The molecule has 0 spiro atoms. The van der Waals surface area contributed by atoms with Gasteiger partial charge in [0.2, 0.25) is 0 Å². The monoisotopic (exact) mass is 216 g/mol. The highest BCUT2D eigenvalue weighted by Gasteiger charge is 1.95. The van der Waals surface area contributed by atoms with Crippen molar-refractivity contribution in [1.82, 2.24) is 0 Å². The minimum atomic E-state index is 0.910. The Hall–Kier alpha value is -1.57. The van der Waals surface area contributed by atoms with Crippen LogP contribution in [0.5, 0.6) is 0 Å². The topological polar surface area (TPSA) is 24.4 Å². The van der Waals surface area contributed by atoms with Gasteiger partial charge in [0.1, 0.15) is 0 Å². The maximum absolute atomic E-state index is 4.40. The number of aliphatic imine (C=N–C) groups is 1. The molecule has 1 N–H and O–H groups in total. The normalized spacial score (nSPS) is 11.1. The van der Waals surface area contributed by atoms with Gasteiger partial charge in [0.05, 0.1) is 0 Å². The maximum atomic E-state index is 4.40. The Labute approximate surface area is 98.1 Å². The average Bonchev–Trinajstić information content (AvgIpc) is 2.27. The highest BCUT2D eigenvalue weighted by atomic mass is 14.8. The molecule has 86 valence electrons. The summed E-state index contributed by atoms with van der Waals surface area (Å²) in [6, 6.07) is 8.44. The van der Waals surface area contributed by atoms with Crippen LogP contribution in [-0.4, -0.2) is 12.8 Å². The van der Waals surface area contributed by atoms with Gasteiger partial charge in [0.25, 0.3) is 0 Å². The third-order valence-electron chi connectivity index (χ3n) is 2.25. The zero-order valence-corrected chi connectivity index (χ0v) is 10.5. The molecule has 0 aliphatic heterocycles. The first-order chi connectivity index (χ1) is 7.61. The smallest absolute Gasteiger partial charge is 0.0337 e. The lowest BCUT2D eigenvalue weighted by molar-refractivity contribution is 1.26. The Morgan fingerprint density at radius 2 is 1.81 bits per heavy atom. The van der Waals surface area contributed by atoms with Gasteiger partial charge in [0, 0.05) is 31.1 Å². The van der Waals surface area contributed by atoms with E-state index in [0.717, 1.165) is 17.8 Å². The molecule has 0 unspecified atom stereocenters. The van der Waals surface area contributed by atoms with Gasteiger partial charge in [-0.05, 0) is 38.5 Å². The zero-order chi connectivity index (χ0) is 12.0. The molecular formula is C14H20N2. The lowest BCUT2D eigenvalue weighted by Gasteiger charge is -2.03. The summed E-state index contributed by atoms with van der Waals surface area (Å²) in [6.45, 7) is 6.17. The third-order valence-corrected chi connectivity index (χ3v) is 2.25. The molecule has 0 saturated carbocycles. The summed E-state index contributed by atoms with van der Waals surface area (Å²) in [7, 11) is 1.93. The fourth-order valence-electron chi connectivity index (χ4n) is 1.37. The quantitative estimate of drug-likeness (QED) is 0.763. The largest absolute Gasteiger partial charge is 0.388 e. The zero-order valence-electron chi connectivity index (χ0n) is 10.5. The van der Waals surface area contributed by atoms with Crippen LogP contribution in [0.2, 0.25) is 0 Å². The number of anilines is 1. The first-order valence-corrected chi connectivity index (χ1v) is 5.55. The van der Waals surface area contributed by atoms with Crippen molar-refractivity contribution in [1.29, 1.82) is 0 Å². The third kappa shape index (κ3) is 4.30. The van der Waals surface area contributed by atoms with Crippen LogP contribution in [0.3, 0.4) is 0 Å². The lowest BCUT2D eigenvalue weighted by Crippen LogP contribution is -1.97. The van der Waals surface area contributed by atoms with Crippen molar-refractivity contribution < 1.29 is 0 Å². The van der Waals surface area contributed by atoms with Gasteiger partial charge < -0.3 is 5.32 Å². The molecule has 1 aromatic rings. The molecule has 0 aliphatic carbocycles. The number of hydrogen-bond donors (Lipinski definition) is 1. The van der Waals surface area contributed by atoms with E-state index < -0.39 is 0 Å². The molecule has 1 aromatic carbocycles. The second-order valence-corrected chi connectivity index (χ2v) is 4.19. The molecule has 0 bridgehead atoms. The van der Waals surface area contributed by atoms with E-state index >= 15 is 0 Å². The van der Waals surface area contributed by atoms with E-state index in [1.807, 2.05) is 13.2 Å². The van der Waals surface area contributed by atoms with Gasteiger partial charge in [-0.2, -0.15) is 0 Å². The van der Waals surface area contributed by atoms with Crippen molar-refractivity contribution in [2.75, 3.05) is 12.4 Å². The molecular weight excluding hydrogens is 196 g/mol. The fourth-order valence-corrected chi connectivity index (χ4v) is 1.37. The molecule has 0 aromatic heterocycles. The average molecular weight is 216 g/mol. The Morgan fingerprint density at radius 1 is 1.19 bits per heavy atom. The Balaban J connectivity index is 2.66. The predicted octanol–water partition coefficient (Wildman–Crippen LogP) is 3.66. The van der Waals surface area contributed by atoms with Crippen molar-refractivity contribution in [3.8, 4) is 0 Å². The molecule has 0 atom stereocenters. The molecule has 0 radical (unpaired) electrons. The molecule has 0 saturated heterocycles.